The van der Waals surface area contributed by atoms with Crippen molar-refractivity contribution in [2.75, 3.05) is 0 Å². The van der Waals surface area contributed by atoms with Gasteiger partial charge in [-0.1, -0.05) is 127 Å². The van der Waals surface area contributed by atoms with Crippen molar-refractivity contribution in [2.45, 2.75) is 0 Å². The molecule has 8 aromatic carbocycles. The van der Waals surface area contributed by atoms with Gasteiger partial charge in [-0.05, 0) is 76.9 Å². The van der Waals surface area contributed by atoms with Crippen LogP contribution in [0.5, 0.6) is 0 Å². The summed E-state index contributed by atoms with van der Waals surface area (Å²) in [4.78, 5) is 0. The number of aromatic nitrogens is 2. The molecule has 0 aliphatic heterocycles. The van der Waals surface area contributed by atoms with Crippen molar-refractivity contribution in [3.05, 3.63) is 182 Å². The number of nitrogens with zero attached hydrogens (tertiary/aromatic N) is 2. The lowest BCUT2D eigenvalue weighted by Gasteiger charge is -2.13. The molecule has 2 nitrogen and oxygen atoms in total. The fourth-order valence-corrected chi connectivity index (χ4v) is 9.48. The summed E-state index contributed by atoms with van der Waals surface area (Å²) in [5.74, 6) is 0. The first-order chi connectivity index (χ1) is 25.3. The molecule has 3 heterocycles. The SMILES string of the molecule is c1cc(-c2cccc(-n3c4ccccc4c4ccc(-n5c6ccccc6c6ccccc65)cc43)c2)cc(-c2cccc3c2sc2ccccc23)c1. The minimum Gasteiger partial charge on any atom is -0.309 e. The minimum absolute atomic E-state index is 1.15. The molecule has 0 saturated carbocycles. The Bertz CT molecular complexity index is 3100. The van der Waals surface area contributed by atoms with E-state index in [1.807, 2.05) is 11.3 Å². The van der Waals surface area contributed by atoms with Crippen LogP contribution in [0.25, 0.3) is 97.4 Å². The number of thiophene rings is 1. The summed E-state index contributed by atoms with van der Waals surface area (Å²) >= 11 is 1.88. The van der Waals surface area contributed by atoms with Crippen LogP contribution in [0.1, 0.15) is 0 Å². The predicted molar refractivity (Wildman–Crippen MR) is 219 cm³/mol. The van der Waals surface area contributed by atoms with Gasteiger partial charge in [0.25, 0.3) is 0 Å². The van der Waals surface area contributed by atoms with Gasteiger partial charge in [-0.25, -0.2) is 0 Å². The minimum atomic E-state index is 1.15. The number of para-hydroxylation sites is 3. The largest absolute Gasteiger partial charge is 0.309 e. The summed E-state index contributed by atoms with van der Waals surface area (Å²) < 4.78 is 7.52. The first-order valence-electron chi connectivity index (χ1n) is 17.4. The second-order valence-corrected chi connectivity index (χ2v) is 14.4. The third kappa shape index (κ3) is 4.29. The molecular formula is C48H30N2S. The fraction of sp³-hybridized carbons (Fsp3) is 0. The van der Waals surface area contributed by atoms with Crippen molar-refractivity contribution in [2.24, 2.45) is 0 Å². The molecule has 0 spiro atoms. The number of benzene rings is 8. The lowest BCUT2D eigenvalue weighted by molar-refractivity contribution is 1.15. The maximum absolute atomic E-state index is 2.44. The van der Waals surface area contributed by atoms with E-state index in [4.69, 9.17) is 0 Å². The van der Waals surface area contributed by atoms with E-state index in [0.717, 1.165) is 11.4 Å². The van der Waals surface area contributed by atoms with E-state index in [1.165, 1.54) is 86.0 Å². The fourth-order valence-electron chi connectivity index (χ4n) is 8.24. The molecule has 0 radical (unpaired) electrons. The third-order valence-electron chi connectivity index (χ3n) is 10.5. The van der Waals surface area contributed by atoms with E-state index >= 15 is 0 Å². The number of hydrogen-bond acceptors (Lipinski definition) is 1. The third-order valence-corrected chi connectivity index (χ3v) is 11.7. The van der Waals surface area contributed by atoms with E-state index in [2.05, 4.69) is 191 Å². The molecule has 11 aromatic rings. The monoisotopic (exact) mass is 666 g/mol. The maximum Gasteiger partial charge on any atom is 0.0561 e. The first kappa shape index (κ1) is 28.4. The summed E-state index contributed by atoms with van der Waals surface area (Å²) in [6.07, 6.45) is 0. The molecule has 0 N–H and O–H groups in total. The Kier molecular flexibility index (Phi) is 6.16. The highest BCUT2D eigenvalue weighted by Crippen LogP contribution is 2.41. The van der Waals surface area contributed by atoms with Crippen LogP contribution in [0.3, 0.4) is 0 Å². The zero-order valence-corrected chi connectivity index (χ0v) is 28.4. The van der Waals surface area contributed by atoms with Crippen LogP contribution in [-0.4, -0.2) is 9.13 Å². The van der Waals surface area contributed by atoms with Crippen LogP contribution in [0.2, 0.25) is 0 Å². The molecule has 0 fully saturated rings. The van der Waals surface area contributed by atoms with E-state index in [1.54, 1.807) is 0 Å². The van der Waals surface area contributed by atoms with E-state index in [0.29, 0.717) is 0 Å². The van der Waals surface area contributed by atoms with Gasteiger partial charge in [0.15, 0.2) is 0 Å². The van der Waals surface area contributed by atoms with E-state index in [9.17, 15) is 0 Å². The van der Waals surface area contributed by atoms with Gasteiger partial charge in [0.2, 0.25) is 0 Å². The highest BCUT2D eigenvalue weighted by molar-refractivity contribution is 7.26. The van der Waals surface area contributed by atoms with E-state index in [-0.39, 0.29) is 0 Å². The second-order valence-electron chi connectivity index (χ2n) is 13.3. The zero-order valence-electron chi connectivity index (χ0n) is 27.6. The zero-order chi connectivity index (χ0) is 33.5. The average molecular weight is 667 g/mol. The van der Waals surface area contributed by atoms with Crippen LogP contribution in [0, 0.1) is 0 Å². The van der Waals surface area contributed by atoms with Crippen molar-refractivity contribution < 1.29 is 0 Å². The molecule has 0 unspecified atom stereocenters. The van der Waals surface area contributed by atoms with Crippen LogP contribution in [0.4, 0.5) is 0 Å². The Hall–Kier alpha value is -6.42. The van der Waals surface area contributed by atoms with Crippen molar-refractivity contribution in [1.29, 1.82) is 0 Å². The lowest BCUT2D eigenvalue weighted by Crippen LogP contribution is -1.97. The lowest BCUT2D eigenvalue weighted by atomic mass is 9.97. The first-order valence-corrected chi connectivity index (χ1v) is 18.3. The highest BCUT2D eigenvalue weighted by Gasteiger charge is 2.17. The van der Waals surface area contributed by atoms with Gasteiger partial charge >= 0.3 is 0 Å². The average Bonchev–Trinajstić information content (AvgIpc) is 3.85. The van der Waals surface area contributed by atoms with Gasteiger partial charge in [-0.2, -0.15) is 0 Å². The Balaban J connectivity index is 1.08. The molecule has 238 valence electrons. The molecule has 0 saturated heterocycles. The van der Waals surface area contributed by atoms with Gasteiger partial charge in [-0.15, -0.1) is 11.3 Å². The van der Waals surface area contributed by atoms with Crippen molar-refractivity contribution in [3.63, 3.8) is 0 Å². The Labute approximate surface area is 298 Å². The topological polar surface area (TPSA) is 9.86 Å². The molecule has 0 aliphatic rings. The predicted octanol–water partition coefficient (Wildman–Crippen LogP) is 13.6. The summed E-state index contributed by atoms with van der Waals surface area (Å²) in [6, 6.07) is 66.7. The Morgan fingerprint density at radius 3 is 1.55 bits per heavy atom. The molecule has 51 heavy (non-hydrogen) atoms. The van der Waals surface area contributed by atoms with E-state index < -0.39 is 0 Å². The van der Waals surface area contributed by atoms with Crippen LogP contribution in [0.15, 0.2) is 182 Å². The molecule has 0 bridgehead atoms. The Morgan fingerprint density at radius 2 is 0.824 bits per heavy atom. The molecular weight excluding hydrogens is 637 g/mol. The maximum atomic E-state index is 2.44. The molecule has 0 amide bonds. The molecule has 3 aromatic heterocycles. The normalized spacial score (nSPS) is 11.9. The van der Waals surface area contributed by atoms with Gasteiger partial charge < -0.3 is 9.13 Å². The molecule has 0 atom stereocenters. The summed E-state index contributed by atoms with van der Waals surface area (Å²) in [7, 11) is 0. The summed E-state index contributed by atoms with van der Waals surface area (Å²) in [5.41, 5.74) is 12.1. The molecule has 3 heteroatoms. The van der Waals surface area contributed by atoms with Gasteiger partial charge in [0.1, 0.15) is 0 Å². The van der Waals surface area contributed by atoms with Crippen LogP contribution in [-0.2, 0) is 0 Å². The summed E-state index contributed by atoms with van der Waals surface area (Å²) in [5, 5.41) is 7.70. The van der Waals surface area contributed by atoms with Crippen molar-refractivity contribution in [3.8, 4) is 33.6 Å². The standard InChI is InChI=1S/C48H30N2S/c1-5-22-43-37(16-1)38-17-2-6-23-44(38)49(43)35-26-27-40-39-18-3-7-24-45(39)50(46(40)30-35)34-15-10-13-32(29-34)31-12-9-14-33(28-31)36-20-11-21-42-41-19-4-8-25-47(41)51-48(36)42/h1-30H. The van der Waals surface area contributed by atoms with Crippen molar-refractivity contribution >= 4 is 75.1 Å². The highest BCUT2D eigenvalue weighted by atomic mass is 32.1. The van der Waals surface area contributed by atoms with Gasteiger partial charge in [0, 0.05) is 53.1 Å². The van der Waals surface area contributed by atoms with Crippen molar-refractivity contribution in [1.82, 2.24) is 9.13 Å². The van der Waals surface area contributed by atoms with Gasteiger partial charge in [0.05, 0.1) is 22.1 Å². The number of rotatable bonds is 4. The molecule has 11 rings (SSSR count). The number of hydrogen-bond donors (Lipinski definition) is 0. The molecule has 0 aliphatic carbocycles. The summed E-state index contributed by atoms with van der Waals surface area (Å²) in [6.45, 7) is 0. The second kappa shape index (κ2) is 11.0. The number of fused-ring (bicyclic) bond motifs is 9. The van der Waals surface area contributed by atoms with Crippen LogP contribution < -0.4 is 0 Å². The van der Waals surface area contributed by atoms with Gasteiger partial charge in [-0.3, -0.25) is 0 Å². The quantitative estimate of drug-likeness (QED) is 0.177. The Morgan fingerprint density at radius 1 is 0.314 bits per heavy atom. The van der Waals surface area contributed by atoms with Crippen LogP contribution >= 0.6 is 11.3 Å². The smallest absolute Gasteiger partial charge is 0.0561 e.